The van der Waals surface area contributed by atoms with Gasteiger partial charge in [0.25, 0.3) is 0 Å². The van der Waals surface area contributed by atoms with Gasteiger partial charge in [-0.05, 0) is 25.0 Å². The molecule has 0 aromatic heterocycles. The van der Waals surface area contributed by atoms with Crippen molar-refractivity contribution in [2.45, 2.75) is 27.2 Å². The van der Waals surface area contributed by atoms with Gasteiger partial charge in [0, 0.05) is 18.2 Å². The molecule has 0 saturated heterocycles. The molecule has 1 unspecified atom stereocenters. The number of carbonyl (C=O) groups is 2. The average molecular weight is 295 g/mol. The number of methoxy groups -OCH3 is 1. The molecule has 0 aliphatic rings. The fraction of sp³-hybridized carbons (Fsp3) is 0.467. The number of carbonyl (C=O) groups excluding carboxylic acids is 1. The van der Waals surface area contributed by atoms with Crippen molar-refractivity contribution < 1.29 is 24.5 Å². The summed E-state index contributed by atoms with van der Waals surface area (Å²) in [6.45, 7) is 5.08. The van der Waals surface area contributed by atoms with E-state index in [1.165, 1.54) is 19.2 Å². The molecule has 6 nitrogen and oxygen atoms in total. The Labute approximate surface area is 123 Å². The molecular formula is C15H21NO5. The van der Waals surface area contributed by atoms with Crippen LogP contribution in [-0.4, -0.2) is 29.2 Å². The summed E-state index contributed by atoms with van der Waals surface area (Å²) in [7, 11) is 1.42. The Morgan fingerprint density at radius 2 is 2.00 bits per heavy atom. The number of nitrogens with one attached hydrogen (secondary N) is 1. The highest BCUT2D eigenvalue weighted by atomic mass is 16.5. The zero-order chi connectivity index (χ0) is 16.2. The van der Waals surface area contributed by atoms with Gasteiger partial charge in [-0.3, -0.25) is 9.59 Å². The first kappa shape index (κ1) is 16.8. The van der Waals surface area contributed by atoms with Crippen molar-refractivity contribution >= 4 is 17.6 Å². The van der Waals surface area contributed by atoms with E-state index in [-0.39, 0.29) is 18.1 Å². The van der Waals surface area contributed by atoms with Crippen molar-refractivity contribution in [1.29, 1.82) is 0 Å². The molecule has 21 heavy (non-hydrogen) atoms. The van der Waals surface area contributed by atoms with E-state index in [2.05, 4.69) is 5.32 Å². The maximum Gasteiger partial charge on any atom is 0.310 e. The summed E-state index contributed by atoms with van der Waals surface area (Å²) in [6.07, 6.45) is -0.146. The lowest BCUT2D eigenvalue weighted by atomic mass is 9.76. The minimum Gasteiger partial charge on any atom is -0.504 e. The molecule has 0 bridgehead atoms. The first-order valence-corrected chi connectivity index (χ1v) is 6.61. The summed E-state index contributed by atoms with van der Waals surface area (Å²) in [6, 6.07) is 4.44. The number of rotatable bonds is 6. The summed E-state index contributed by atoms with van der Waals surface area (Å²) in [5.74, 6) is -1.42. The van der Waals surface area contributed by atoms with Crippen LogP contribution in [0.1, 0.15) is 27.2 Å². The summed E-state index contributed by atoms with van der Waals surface area (Å²) >= 11 is 0. The van der Waals surface area contributed by atoms with E-state index in [1.54, 1.807) is 26.8 Å². The van der Waals surface area contributed by atoms with Crippen molar-refractivity contribution in [3.05, 3.63) is 18.2 Å². The molecule has 1 rings (SSSR count). The predicted molar refractivity (Wildman–Crippen MR) is 78.5 cm³/mol. The minimum atomic E-state index is -1.14. The fourth-order valence-corrected chi connectivity index (χ4v) is 1.83. The Bertz CT molecular complexity index is 541. The van der Waals surface area contributed by atoms with Crippen molar-refractivity contribution in [2.75, 3.05) is 12.4 Å². The van der Waals surface area contributed by atoms with Gasteiger partial charge in [-0.15, -0.1) is 0 Å². The lowest BCUT2D eigenvalue weighted by molar-refractivity contribution is -0.153. The Kier molecular flexibility index (Phi) is 5.18. The van der Waals surface area contributed by atoms with Crippen LogP contribution < -0.4 is 10.1 Å². The zero-order valence-electron chi connectivity index (χ0n) is 12.6. The predicted octanol–water partition coefficient (Wildman–Crippen LogP) is 2.48. The second kappa shape index (κ2) is 6.47. The van der Waals surface area contributed by atoms with Crippen LogP contribution in [0.2, 0.25) is 0 Å². The van der Waals surface area contributed by atoms with Gasteiger partial charge in [0.2, 0.25) is 5.91 Å². The summed E-state index contributed by atoms with van der Waals surface area (Å²) in [5.41, 5.74) is -0.756. The number of amides is 1. The third-order valence-corrected chi connectivity index (χ3v) is 3.75. The number of hydrogen-bond acceptors (Lipinski definition) is 4. The van der Waals surface area contributed by atoms with E-state index < -0.39 is 17.3 Å². The number of phenolic OH excluding ortho intramolecular Hbond substituents is 1. The van der Waals surface area contributed by atoms with Crippen LogP contribution in [0.5, 0.6) is 11.5 Å². The number of benzene rings is 1. The molecule has 0 saturated carbocycles. The standard InChI is InChI=1S/C15H21NO5/c1-9(2)15(3,14(19)20)8-13(18)16-10-5-6-12(21-4)11(17)7-10/h5-7,9,17H,8H2,1-4H3,(H,16,18)(H,19,20). The molecular weight excluding hydrogens is 274 g/mol. The van der Waals surface area contributed by atoms with Crippen molar-refractivity contribution in [1.82, 2.24) is 0 Å². The Hall–Kier alpha value is -2.24. The smallest absolute Gasteiger partial charge is 0.310 e. The average Bonchev–Trinajstić information content (AvgIpc) is 2.38. The lowest BCUT2D eigenvalue weighted by Gasteiger charge is -2.28. The molecule has 1 atom stereocenters. The Morgan fingerprint density at radius 3 is 2.43 bits per heavy atom. The largest absolute Gasteiger partial charge is 0.504 e. The number of hydrogen-bond donors (Lipinski definition) is 3. The van der Waals surface area contributed by atoms with Crippen molar-refractivity contribution in [2.24, 2.45) is 11.3 Å². The molecule has 0 aliphatic heterocycles. The molecule has 0 radical (unpaired) electrons. The van der Waals surface area contributed by atoms with Crippen LogP contribution in [0.4, 0.5) is 5.69 Å². The van der Waals surface area contributed by atoms with Gasteiger partial charge in [-0.25, -0.2) is 0 Å². The monoisotopic (exact) mass is 295 g/mol. The molecule has 0 fully saturated rings. The summed E-state index contributed by atoms with van der Waals surface area (Å²) in [4.78, 5) is 23.4. The van der Waals surface area contributed by atoms with E-state index in [0.29, 0.717) is 11.4 Å². The van der Waals surface area contributed by atoms with Crippen LogP contribution in [0, 0.1) is 11.3 Å². The zero-order valence-corrected chi connectivity index (χ0v) is 12.6. The first-order chi connectivity index (χ1) is 9.70. The maximum absolute atomic E-state index is 12.0. The van der Waals surface area contributed by atoms with Gasteiger partial charge >= 0.3 is 5.97 Å². The first-order valence-electron chi connectivity index (χ1n) is 6.61. The third kappa shape index (κ3) is 3.87. The lowest BCUT2D eigenvalue weighted by Crippen LogP contribution is -2.37. The molecule has 0 spiro atoms. The third-order valence-electron chi connectivity index (χ3n) is 3.75. The molecule has 6 heteroatoms. The van der Waals surface area contributed by atoms with Crippen LogP contribution in [0.15, 0.2) is 18.2 Å². The number of phenols is 1. The molecule has 1 aromatic carbocycles. The van der Waals surface area contributed by atoms with E-state index >= 15 is 0 Å². The van der Waals surface area contributed by atoms with Gasteiger partial charge in [0.1, 0.15) is 0 Å². The highest BCUT2D eigenvalue weighted by molar-refractivity contribution is 5.94. The van der Waals surface area contributed by atoms with E-state index in [1.807, 2.05) is 0 Å². The summed E-state index contributed by atoms with van der Waals surface area (Å²) < 4.78 is 4.91. The molecule has 1 amide bonds. The molecule has 0 aliphatic carbocycles. The quantitative estimate of drug-likeness (QED) is 0.749. The topological polar surface area (TPSA) is 95.9 Å². The second-order valence-electron chi connectivity index (χ2n) is 5.49. The number of aliphatic carboxylic acids is 1. The molecule has 3 N–H and O–H groups in total. The highest BCUT2D eigenvalue weighted by Gasteiger charge is 2.38. The number of ether oxygens (including phenoxy) is 1. The molecule has 116 valence electrons. The van der Waals surface area contributed by atoms with Crippen molar-refractivity contribution in [3.8, 4) is 11.5 Å². The SMILES string of the molecule is COc1ccc(NC(=O)CC(C)(C(=O)O)C(C)C)cc1O. The van der Waals surface area contributed by atoms with Gasteiger partial charge in [-0.2, -0.15) is 0 Å². The Balaban J connectivity index is 2.82. The number of aromatic hydroxyl groups is 1. The van der Waals surface area contributed by atoms with E-state index in [4.69, 9.17) is 4.74 Å². The molecule has 1 aromatic rings. The fourth-order valence-electron chi connectivity index (χ4n) is 1.83. The number of carboxylic acid groups (broad SMARTS) is 1. The van der Waals surface area contributed by atoms with Gasteiger partial charge in [-0.1, -0.05) is 13.8 Å². The van der Waals surface area contributed by atoms with E-state index in [0.717, 1.165) is 0 Å². The maximum atomic E-state index is 12.0. The highest BCUT2D eigenvalue weighted by Crippen LogP contribution is 2.33. The number of carboxylic acids is 1. The second-order valence-corrected chi connectivity index (χ2v) is 5.49. The minimum absolute atomic E-state index is 0.0971. The van der Waals surface area contributed by atoms with Crippen LogP contribution in [0.25, 0.3) is 0 Å². The summed E-state index contributed by atoms with van der Waals surface area (Å²) in [5, 5.41) is 21.5. The van der Waals surface area contributed by atoms with Gasteiger partial charge < -0.3 is 20.3 Å². The number of anilines is 1. The van der Waals surface area contributed by atoms with Crippen molar-refractivity contribution in [3.63, 3.8) is 0 Å². The van der Waals surface area contributed by atoms with E-state index in [9.17, 15) is 19.8 Å². The van der Waals surface area contributed by atoms with Gasteiger partial charge in [0.15, 0.2) is 11.5 Å². The van der Waals surface area contributed by atoms with Crippen LogP contribution >= 0.6 is 0 Å². The van der Waals surface area contributed by atoms with Gasteiger partial charge in [0.05, 0.1) is 12.5 Å². The molecule has 0 heterocycles. The van der Waals surface area contributed by atoms with Crippen LogP contribution in [0.3, 0.4) is 0 Å². The Morgan fingerprint density at radius 1 is 1.38 bits per heavy atom. The van der Waals surface area contributed by atoms with Crippen LogP contribution in [-0.2, 0) is 9.59 Å². The normalized spacial score (nSPS) is 13.6.